The second kappa shape index (κ2) is 9.89. The fraction of sp³-hybridized carbons (Fsp3) is 0.360. The average molecular weight is 467 g/mol. The molecule has 1 atom stereocenters. The number of amides is 1. The van der Waals surface area contributed by atoms with Crippen molar-refractivity contribution < 1.29 is 13.2 Å². The van der Waals surface area contributed by atoms with E-state index in [9.17, 15) is 13.2 Å². The minimum Gasteiger partial charge on any atom is -0.336 e. The number of hydrogen-bond donors (Lipinski definition) is 0. The molecule has 1 fully saturated rings. The van der Waals surface area contributed by atoms with Gasteiger partial charge in [0.1, 0.15) is 0 Å². The van der Waals surface area contributed by atoms with E-state index in [0.717, 1.165) is 11.3 Å². The number of sulfonamides is 1. The summed E-state index contributed by atoms with van der Waals surface area (Å²) in [5.41, 5.74) is 1.90. The molecule has 3 aromatic rings. The van der Waals surface area contributed by atoms with Crippen molar-refractivity contribution in [3.63, 3.8) is 0 Å². The third-order valence-electron chi connectivity index (χ3n) is 6.42. The summed E-state index contributed by atoms with van der Waals surface area (Å²) >= 11 is 0. The fourth-order valence-electron chi connectivity index (χ4n) is 4.45. The summed E-state index contributed by atoms with van der Waals surface area (Å²) in [6.45, 7) is 5.34. The Kier molecular flexibility index (Phi) is 6.95. The lowest BCUT2D eigenvalue weighted by Crippen LogP contribution is -2.45. The first-order valence-corrected chi connectivity index (χ1v) is 12.8. The Morgan fingerprint density at radius 2 is 1.73 bits per heavy atom. The van der Waals surface area contributed by atoms with Crippen molar-refractivity contribution in [1.82, 2.24) is 19.0 Å². The van der Waals surface area contributed by atoms with Crippen LogP contribution in [0.25, 0.3) is 5.69 Å². The maximum atomic E-state index is 13.3. The zero-order valence-electron chi connectivity index (χ0n) is 19.0. The molecule has 0 unspecified atom stereocenters. The number of nitrogens with zero attached hydrogens (tertiary/aromatic N) is 4. The van der Waals surface area contributed by atoms with Crippen LogP contribution in [0, 0.1) is 5.92 Å². The van der Waals surface area contributed by atoms with Crippen LogP contribution in [-0.4, -0.2) is 52.9 Å². The lowest BCUT2D eigenvalue weighted by molar-refractivity contribution is -0.138. The summed E-state index contributed by atoms with van der Waals surface area (Å²) in [5, 5.41) is 4.17. The van der Waals surface area contributed by atoms with Crippen molar-refractivity contribution in [3.8, 4) is 5.69 Å². The number of carbonyl (C=O) groups excluding carboxylic acids is 1. The Balaban J connectivity index is 1.40. The molecule has 0 radical (unpaired) electrons. The van der Waals surface area contributed by atoms with Crippen LogP contribution in [0.1, 0.15) is 38.3 Å². The molecule has 0 saturated carbocycles. The third kappa shape index (κ3) is 4.86. The Labute approximate surface area is 195 Å². The third-order valence-corrected chi connectivity index (χ3v) is 8.33. The largest absolute Gasteiger partial charge is 0.336 e. The van der Waals surface area contributed by atoms with E-state index in [4.69, 9.17) is 0 Å². The van der Waals surface area contributed by atoms with Gasteiger partial charge in [-0.1, -0.05) is 30.3 Å². The maximum Gasteiger partial charge on any atom is 0.243 e. The van der Waals surface area contributed by atoms with Gasteiger partial charge in [0.2, 0.25) is 15.9 Å². The molecule has 0 spiro atoms. The summed E-state index contributed by atoms with van der Waals surface area (Å²) in [6, 6.07) is 18.5. The quantitative estimate of drug-likeness (QED) is 0.530. The smallest absolute Gasteiger partial charge is 0.243 e. The molecule has 174 valence electrons. The van der Waals surface area contributed by atoms with Crippen molar-refractivity contribution in [2.24, 2.45) is 5.92 Å². The highest BCUT2D eigenvalue weighted by atomic mass is 32.2. The first kappa shape index (κ1) is 23.2. The Morgan fingerprint density at radius 1 is 1.06 bits per heavy atom. The van der Waals surface area contributed by atoms with Gasteiger partial charge < -0.3 is 4.90 Å². The van der Waals surface area contributed by atoms with Crippen LogP contribution in [0.3, 0.4) is 0 Å². The second-order valence-electron chi connectivity index (χ2n) is 8.33. The Morgan fingerprint density at radius 3 is 2.30 bits per heavy atom. The van der Waals surface area contributed by atoms with E-state index in [0.29, 0.717) is 32.5 Å². The highest BCUT2D eigenvalue weighted by Gasteiger charge is 2.34. The van der Waals surface area contributed by atoms with E-state index < -0.39 is 10.0 Å². The Hall–Kier alpha value is -2.97. The van der Waals surface area contributed by atoms with E-state index in [-0.39, 0.29) is 22.8 Å². The van der Waals surface area contributed by atoms with Crippen molar-refractivity contribution >= 4 is 15.9 Å². The lowest BCUT2D eigenvalue weighted by atomic mass is 9.95. The van der Waals surface area contributed by atoms with Crippen molar-refractivity contribution in [2.75, 3.05) is 19.6 Å². The molecule has 1 amide bonds. The number of carbonyl (C=O) groups is 1. The first-order chi connectivity index (χ1) is 15.9. The van der Waals surface area contributed by atoms with Gasteiger partial charge >= 0.3 is 0 Å². The van der Waals surface area contributed by atoms with Gasteiger partial charge in [-0.15, -0.1) is 0 Å². The molecule has 0 N–H and O–H groups in total. The van der Waals surface area contributed by atoms with Crippen LogP contribution in [-0.2, 0) is 14.8 Å². The molecule has 1 aliphatic heterocycles. The van der Waals surface area contributed by atoms with Gasteiger partial charge in [-0.3, -0.25) is 4.79 Å². The monoisotopic (exact) mass is 466 g/mol. The second-order valence-corrected chi connectivity index (χ2v) is 10.3. The number of hydrogen-bond acceptors (Lipinski definition) is 4. The molecule has 33 heavy (non-hydrogen) atoms. The van der Waals surface area contributed by atoms with Crippen LogP contribution in [0.5, 0.6) is 0 Å². The summed E-state index contributed by atoms with van der Waals surface area (Å²) in [4.78, 5) is 15.4. The zero-order chi connectivity index (χ0) is 23.4. The normalized spacial score (nSPS) is 16.4. The summed E-state index contributed by atoms with van der Waals surface area (Å²) in [7, 11) is -3.60. The molecule has 1 saturated heterocycles. The highest BCUT2D eigenvalue weighted by molar-refractivity contribution is 7.89. The van der Waals surface area contributed by atoms with Crippen LogP contribution >= 0.6 is 0 Å². The molecule has 2 heterocycles. The fourth-order valence-corrected chi connectivity index (χ4v) is 5.92. The summed E-state index contributed by atoms with van der Waals surface area (Å²) < 4.78 is 29.5. The van der Waals surface area contributed by atoms with Crippen LogP contribution in [0.2, 0.25) is 0 Å². The van der Waals surface area contributed by atoms with E-state index >= 15 is 0 Å². The summed E-state index contributed by atoms with van der Waals surface area (Å²) in [6.07, 6.45) is 4.54. The van der Waals surface area contributed by atoms with Gasteiger partial charge in [-0.25, -0.2) is 13.1 Å². The van der Waals surface area contributed by atoms with E-state index in [1.54, 1.807) is 35.1 Å². The minimum absolute atomic E-state index is 0.0150. The van der Waals surface area contributed by atoms with Crippen molar-refractivity contribution in [1.29, 1.82) is 0 Å². The van der Waals surface area contributed by atoms with E-state index in [1.807, 2.05) is 61.3 Å². The van der Waals surface area contributed by atoms with E-state index in [1.165, 1.54) is 4.31 Å². The van der Waals surface area contributed by atoms with Gasteiger partial charge in [0.05, 0.1) is 16.6 Å². The number of rotatable bonds is 7. The molecule has 4 rings (SSSR count). The van der Waals surface area contributed by atoms with Gasteiger partial charge in [0.25, 0.3) is 0 Å². The van der Waals surface area contributed by atoms with Crippen LogP contribution in [0.4, 0.5) is 0 Å². The lowest BCUT2D eigenvalue weighted by Gasteiger charge is -2.36. The van der Waals surface area contributed by atoms with Gasteiger partial charge in [0, 0.05) is 37.9 Å². The van der Waals surface area contributed by atoms with Crippen molar-refractivity contribution in [2.45, 2.75) is 37.6 Å². The number of benzene rings is 2. The topological polar surface area (TPSA) is 75.5 Å². The number of piperidine rings is 1. The first-order valence-electron chi connectivity index (χ1n) is 11.4. The van der Waals surface area contributed by atoms with Gasteiger partial charge in [0.15, 0.2) is 0 Å². The molecular weight excluding hydrogens is 436 g/mol. The van der Waals surface area contributed by atoms with Crippen molar-refractivity contribution in [3.05, 3.63) is 78.6 Å². The predicted octanol–water partition coefficient (Wildman–Crippen LogP) is 3.88. The highest BCUT2D eigenvalue weighted by Crippen LogP contribution is 2.28. The zero-order valence-corrected chi connectivity index (χ0v) is 19.9. The molecule has 1 aromatic heterocycles. The van der Waals surface area contributed by atoms with Crippen LogP contribution in [0.15, 0.2) is 78.0 Å². The molecular formula is C25H30N4O3S. The standard InChI is InChI=1S/C25H30N4O3S/c1-3-28(20(2)21-8-5-4-6-9-21)25(30)22-14-18-27(19-15-22)33(31,32)24-12-10-23(11-13-24)29-17-7-16-26-29/h4-13,16-17,20,22H,3,14-15,18-19H2,1-2H3/t20-/m1/s1. The molecule has 2 aromatic carbocycles. The van der Waals surface area contributed by atoms with Crippen LogP contribution < -0.4 is 0 Å². The average Bonchev–Trinajstić information content (AvgIpc) is 3.40. The summed E-state index contributed by atoms with van der Waals surface area (Å²) in [5.74, 6) is -0.0563. The Bertz CT molecular complexity index is 1150. The van der Waals surface area contributed by atoms with Gasteiger partial charge in [-0.05, 0) is 62.6 Å². The molecule has 0 bridgehead atoms. The molecule has 0 aliphatic carbocycles. The SMILES string of the molecule is CCN(C(=O)C1CCN(S(=O)(=O)c2ccc(-n3cccn3)cc2)CC1)[C@H](C)c1ccccc1. The molecule has 1 aliphatic rings. The predicted molar refractivity (Wildman–Crippen MR) is 127 cm³/mol. The maximum absolute atomic E-state index is 13.3. The van der Waals surface area contributed by atoms with Gasteiger partial charge in [-0.2, -0.15) is 9.40 Å². The molecule has 7 nitrogen and oxygen atoms in total. The van der Waals surface area contributed by atoms with E-state index in [2.05, 4.69) is 5.10 Å². The minimum atomic E-state index is -3.60. The molecule has 8 heteroatoms. The number of aromatic nitrogens is 2.